The van der Waals surface area contributed by atoms with Crippen LogP contribution in [0.2, 0.25) is 0 Å². The number of aromatic hydroxyl groups is 1. The summed E-state index contributed by atoms with van der Waals surface area (Å²) in [6.07, 6.45) is 10.2. The molecule has 0 fully saturated rings. The van der Waals surface area contributed by atoms with E-state index in [9.17, 15) is 9.90 Å². The van der Waals surface area contributed by atoms with E-state index < -0.39 is 0 Å². The summed E-state index contributed by atoms with van der Waals surface area (Å²) < 4.78 is 5.57. The molecule has 1 atom stereocenters. The molecular formula is C26H30N2O3. The van der Waals surface area contributed by atoms with Gasteiger partial charge in [0.05, 0.1) is 11.7 Å². The van der Waals surface area contributed by atoms with Crippen molar-refractivity contribution in [1.82, 2.24) is 9.97 Å². The van der Waals surface area contributed by atoms with Gasteiger partial charge >= 0.3 is 5.97 Å². The molecule has 0 aliphatic rings. The fraction of sp³-hybridized carbons (Fsp3) is 0.346. The van der Waals surface area contributed by atoms with Crippen LogP contribution in [0.3, 0.4) is 0 Å². The quantitative estimate of drug-likeness (QED) is 0.304. The number of unbranched alkanes of at least 4 members (excludes halogenated alkanes) is 4. The Labute approximate surface area is 184 Å². The van der Waals surface area contributed by atoms with Gasteiger partial charge in [-0.25, -0.2) is 14.8 Å². The van der Waals surface area contributed by atoms with Gasteiger partial charge in [0.2, 0.25) is 0 Å². The van der Waals surface area contributed by atoms with E-state index in [1.165, 1.54) is 25.7 Å². The molecule has 5 heteroatoms. The van der Waals surface area contributed by atoms with Crippen molar-refractivity contribution in [2.45, 2.75) is 58.5 Å². The first kappa shape index (κ1) is 22.5. The van der Waals surface area contributed by atoms with Crippen molar-refractivity contribution in [3.8, 4) is 28.3 Å². The number of nitrogens with zero attached hydrogens (tertiary/aromatic N) is 2. The van der Waals surface area contributed by atoms with Gasteiger partial charge in [0.1, 0.15) is 5.75 Å². The van der Waals surface area contributed by atoms with Gasteiger partial charge in [0.25, 0.3) is 0 Å². The van der Waals surface area contributed by atoms with Gasteiger partial charge in [-0.3, -0.25) is 0 Å². The highest BCUT2D eigenvalue weighted by Crippen LogP contribution is 2.28. The molecule has 0 spiro atoms. The number of rotatable bonds is 10. The molecule has 0 bridgehead atoms. The third-order valence-corrected chi connectivity index (χ3v) is 5.27. The molecule has 0 aliphatic carbocycles. The molecule has 2 aromatic carbocycles. The number of ether oxygens (including phenoxy) is 1. The molecule has 1 heterocycles. The molecule has 1 unspecified atom stereocenters. The average Bonchev–Trinajstić information content (AvgIpc) is 2.79. The minimum atomic E-state index is -0.302. The Bertz CT molecular complexity index is 969. The Morgan fingerprint density at radius 2 is 1.61 bits per heavy atom. The molecule has 5 nitrogen and oxygen atoms in total. The fourth-order valence-electron chi connectivity index (χ4n) is 3.43. The van der Waals surface area contributed by atoms with Crippen LogP contribution in [0.25, 0.3) is 22.5 Å². The van der Waals surface area contributed by atoms with Crippen molar-refractivity contribution in [3.05, 3.63) is 66.5 Å². The van der Waals surface area contributed by atoms with E-state index in [-0.39, 0.29) is 17.8 Å². The predicted molar refractivity (Wildman–Crippen MR) is 123 cm³/mol. The number of benzene rings is 2. The zero-order valence-corrected chi connectivity index (χ0v) is 18.3. The number of carbonyl (C=O) groups excluding carboxylic acids is 1. The molecule has 0 saturated carbocycles. The highest BCUT2D eigenvalue weighted by Gasteiger charge is 2.13. The van der Waals surface area contributed by atoms with E-state index in [0.717, 1.165) is 24.0 Å². The van der Waals surface area contributed by atoms with Crippen molar-refractivity contribution in [3.63, 3.8) is 0 Å². The van der Waals surface area contributed by atoms with Crippen LogP contribution in [-0.2, 0) is 4.74 Å². The number of aromatic nitrogens is 2. The van der Waals surface area contributed by atoms with E-state index in [4.69, 9.17) is 4.74 Å². The highest BCUT2D eigenvalue weighted by atomic mass is 16.5. The second kappa shape index (κ2) is 11.3. The maximum absolute atomic E-state index is 12.4. The number of hydrogen-bond acceptors (Lipinski definition) is 5. The SMILES string of the molecule is CCCCCCCC(C)OC(=O)c1ccc(-c2ncc(-c3ccccc3O)cn2)cc1. The molecule has 0 aliphatic heterocycles. The Morgan fingerprint density at radius 1 is 0.935 bits per heavy atom. The van der Waals surface area contributed by atoms with Gasteiger partial charge in [-0.15, -0.1) is 0 Å². The summed E-state index contributed by atoms with van der Waals surface area (Å²) in [5, 5.41) is 9.98. The molecule has 0 radical (unpaired) electrons. The molecule has 162 valence electrons. The standard InChI is InChI=1S/C26H30N2O3/c1-3-4-5-6-7-10-19(2)31-26(30)21-15-13-20(14-16-21)25-27-17-22(18-28-25)23-11-8-9-12-24(23)29/h8-9,11-19,29H,3-7,10H2,1-2H3. The third kappa shape index (κ3) is 6.38. The van der Waals surface area contributed by atoms with E-state index in [1.54, 1.807) is 36.7 Å². The Kier molecular flexibility index (Phi) is 8.16. The van der Waals surface area contributed by atoms with E-state index >= 15 is 0 Å². The van der Waals surface area contributed by atoms with Gasteiger partial charge in [-0.2, -0.15) is 0 Å². The zero-order chi connectivity index (χ0) is 22.1. The van der Waals surface area contributed by atoms with Crippen molar-refractivity contribution in [1.29, 1.82) is 0 Å². The average molecular weight is 419 g/mol. The summed E-state index contributed by atoms with van der Waals surface area (Å²) in [5.41, 5.74) is 2.76. The van der Waals surface area contributed by atoms with Crippen molar-refractivity contribution < 1.29 is 14.6 Å². The Hall–Kier alpha value is -3.21. The minimum absolute atomic E-state index is 0.0842. The third-order valence-electron chi connectivity index (χ3n) is 5.27. The van der Waals surface area contributed by atoms with Crippen LogP contribution in [-0.4, -0.2) is 27.1 Å². The van der Waals surface area contributed by atoms with Crippen LogP contribution in [0.15, 0.2) is 60.9 Å². The minimum Gasteiger partial charge on any atom is -0.507 e. The van der Waals surface area contributed by atoms with Gasteiger partial charge < -0.3 is 9.84 Å². The molecule has 31 heavy (non-hydrogen) atoms. The highest BCUT2D eigenvalue weighted by molar-refractivity contribution is 5.90. The lowest BCUT2D eigenvalue weighted by atomic mass is 10.1. The van der Waals surface area contributed by atoms with Crippen LogP contribution in [0.4, 0.5) is 0 Å². The maximum atomic E-state index is 12.4. The van der Waals surface area contributed by atoms with Crippen molar-refractivity contribution in [2.24, 2.45) is 0 Å². The number of para-hydroxylation sites is 1. The number of esters is 1. The molecular weight excluding hydrogens is 388 g/mol. The second-order valence-corrected chi connectivity index (χ2v) is 7.81. The van der Waals surface area contributed by atoms with Crippen LogP contribution in [0, 0.1) is 0 Å². The predicted octanol–water partition coefficient (Wildman–Crippen LogP) is 6.42. The van der Waals surface area contributed by atoms with Crippen LogP contribution in [0.5, 0.6) is 5.75 Å². The second-order valence-electron chi connectivity index (χ2n) is 7.81. The lowest BCUT2D eigenvalue weighted by Crippen LogP contribution is -2.15. The fourth-order valence-corrected chi connectivity index (χ4v) is 3.43. The van der Waals surface area contributed by atoms with E-state index in [0.29, 0.717) is 17.0 Å². The summed E-state index contributed by atoms with van der Waals surface area (Å²) in [5.74, 6) is 0.444. The van der Waals surface area contributed by atoms with Gasteiger partial charge in [0, 0.05) is 29.1 Å². The van der Waals surface area contributed by atoms with Crippen molar-refractivity contribution in [2.75, 3.05) is 0 Å². The molecule has 1 N–H and O–H groups in total. The summed E-state index contributed by atoms with van der Waals surface area (Å²) in [4.78, 5) is 21.2. The lowest BCUT2D eigenvalue weighted by molar-refractivity contribution is 0.0319. The van der Waals surface area contributed by atoms with E-state index in [1.807, 2.05) is 31.2 Å². The first-order chi connectivity index (χ1) is 15.1. The maximum Gasteiger partial charge on any atom is 0.338 e. The number of phenols is 1. The number of phenolic OH excluding ortho intramolecular Hbond substituents is 1. The Balaban J connectivity index is 1.57. The topological polar surface area (TPSA) is 72.3 Å². The van der Waals surface area contributed by atoms with Crippen LogP contribution in [0.1, 0.15) is 62.7 Å². The van der Waals surface area contributed by atoms with Crippen molar-refractivity contribution >= 4 is 5.97 Å². The molecule has 1 aromatic heterocycles. The normalized spacial score (nSPS) is 11.8. The molecule has 3 rings (SSSR count). The lowest BCUT2D eigenvalue weighted by Gasteiger charge is -2.13. The molecule has 0 saturated heterocycles. The van der Waals surface area contributed by atoms with Crippen LogP contribution >= 0.6 is 0 Å². The van der Waals surface area contributed by atoms with Gasteiger partial charge in [-0.05, 0) is 38.0 Å². The van der Waals surface area contributed by atoms with Gasteiger partial charge in [-0.1, -0.05) is 62.9 Å². The summed E-state index contributed by atoms with van der Waals surface area (Å²) in [7, 11) is 0. The monoisotopic (exact) mass is 418 g/mol. The summed E-state index contributed by atoms with van der Waals surface area (Å²) >= 11 is 0. The number of hydrogen-bond donors (Lipinski definition) is 1. The first-order valence-electron chi connectivity index (χ1n) is 11.0. The molecule has 0 amide bonds. The van der Waals surface area contributed by atoms with Crippen LogP contribution < -0.4 is 0 Å². The van der Waals surface area contributed by atoms with E-state index in [2.05, 4.69) is 16.9 Å². The zero-order valence-electron chi connectivity index (χ0n) is 18.3. The Morgan fingerprint density at radius 3 is 2.29 bits per heavy atom. The largest absolute Gasteiger partial charge is 0.507 e. The smallest absolute Gasteiger partial charge is 0.338 e. The summed E-state index contributed by atoms with van der Waals surface area (Å²) in [6.45, 7) is 4.15. The number of carbonyl (C=O) groups is 1. The van der Waals surface area contributed by atoms with Gasteiger partial charge in [0.15, 0.2) is 5.82 Å². The molecule has 3 aromatic rings. The summed E-state index contributed by atoms with van der Waals surface area (Å²) in [6, 6.07) is 14.2. The first-order valence-corrected chi connectivity index (χ1v) is 11.0.